The monoisotopic (exact) mass is 220 g/mol. The van der Waals surface area contributed by atoms with Gasteiger partial charge in [-0.15, -0.1) is 0 Å². The zero-order chi connectivity index (χ0) is 11.7. The third-order valence-electron chi connectivity index (χ3n) is 5.49. The van der Waals surface area contributed by atoms with Gasteiger partial charge in [0.2, 0.25) is 0 Å². The Balaban J connectivity index is 1.91. The van der Waals surface area contributed by atoms with E-state index in [1.165, 1.54) is 6.42 Å². The van der Waals surface area contributed by atoms with Crippen LogP contribution in [0.1, 0.15) is 40.0 Å². The molecule has 3 rings (SSSR count). The van der Waals surface area contributed by atoms with E-state index in [2.05, 4.69) is 27.4 Å². The first kappa shape index (κ1) is 10.4. The maximum absolute atomic E-state index is 11.6. The average molecular weight is 220 g/mol. The van der Waals surface area contributed by atoms with E-state index in [9.17, 15) is 4.79 Å². The molecular weight excluding hydrogens is 200 g/mol. The predicted molar refractivity (Wildman–Crippen MR) is 61.7 cm³/mol. The molecule has 2 aliphatic carbocycles. The van der Waals surface area contributed by atoms with Crippen molar-refractivity contribution in [3.8, 4) is 0 Å². The molecule has 1 saturated heterocycles. The molecule has 2 nitrogen and oxygen atoms in total. The summed E-state index contributed by atoms with van der Waals surface area (Å²) in [4.78, 5) is 11.6. The molecule has 0 aromatic rings. The number of fused-ring (bicyclic) bond motifs is 1. The molecule has 1 spiro atoms. The van der Waals surface area contributed by atoms with Gasteiger partial charge in [-0.25, -0.2) is 4.79 Å². The molecule has 0 aromatic carbocycles. The molecule has 2 saturated carbocycles. The van der Waals surface area contributed by atoms with Gasteiger partial charge < -0.3 is 4.74 Å². The zero-order valence-electron chi connectivity index (χ0n) is 10.4. The van der Waals surface area contributed by atoms with Crippen LogP contribution in [0.15, 0.2) is 12.2 Å². The second-order valence-electron chi connectivity index (χ2n) is 6.40. The van der Waals surface area contributed by atoms with E-state index in [4.69, 9.17) is 4.74 Å². The summed E-state index contributed by atoms with van der Waals surface area (Å²) >= 11 is 0. The van der Waals surface area contributed by atoms with Crippen LogP contribution in [0.2, 0.25) is 0 Å². The molecule has 0 aromatic heterocycles. The van der Waals surface area contributed by atoms with Crippen molar-refractivity contribution in [2.24, 2.45) is 23.2 Å². The molecule has 2 heteroatoms. The Morgan fingerprint density at radius 3 is 2.62 bits per heavy atom. The normalized spacial score (nSPS) is 50.0. The fourth-order valence-electron chi connectivity index (χ4n) is 4.26. The van der Waals surface area contributed by atoms with Crippen molar-refractivity contribution >= 4 is 5.97 Å². The quantitative estimate of drug-likeness (QED) is 0.501. The number of carbonyl (C=O) groups is 1. The number of hydrogen-bond acceptors (Lipinski definition) is 2. The van der Waals surface area contributed by atoms with Gasteiger partial charge in [0.15, 0.2) is 0 Å². The Hall–Kier alpha value is -0.790. The van der Waals surface area contributed by atoms with Crippen LogP contribution >= 0.6 is 0 Å². The first-order chi connectivity index (χ1) is 7.41. The summed E-state index contributed by atoms with van der Waals surface area (Å²) in [7, 11) is 0. The van der Waals surface area contributed by atoms with Crippen molar-refractivity contribution in [1.29, 1.82) is 0 Å². The predicted octanol–water partition coefficient (Wildman–Crippen LogP) is 2.93. The summed E-state index contributed by atoms with van der Waals surface area (Å²) in [5, 5.41) is 0. The van der Waals surface area contributed by atoms with E-state index in [0.717, 1.165) is 18.8 Å². The van der Waals surface area contributed by atoms with Gasteiger partial charge in [-0.2, -0.15) is 0 Å². The largest absolute Gasteiger partial charge is 0.455 e. The van der Waals surface area contributed by atoms with E-state index in [1.807, 2.05) is 0 Å². The fourth-order valence-corrected chi connectivity index (χ4v) is 4.26. The number of ether oxygens (including phenoxy) is 1. The second-order valence-corrected chi connectivity index (χ2v) is 6.40. The first-order valence-corrected chi connectivity index (χ1v) is 6.32. The highest BCUT2D eigenvalue weighted by Gasteiger charge is 2.72. The highest BCUT2D eigenvalue weighted by Crippen LogP contribution is 2.74. The van der Waals surface area contributed by atoms with E-state index in [1.54, 1.807) is 0 Å². The van der Waals surface area contributed by atoms with E-state index >= 15 is 0 Å². The number of carbonyl (C=O) groups excluding carboxylic acids is 1. The van der Waals surface area contributed by atoms with Crippen LogP contribution in [0.5, 0.6) is 0 Å². The summed E-state index contributed by atoms with van der Waals surface area (Å²) < 4.78 is 5.67. The van der Waals surface area contributed by atoms with Gasteiger partial charge in [0.1, 0.15) is 5.60 Å². The Morgan fingerprint density at radius 1 is 1.50 bits per heavy atom. The lowest BCUT2D eigenvalue weighted by molar-refractivity contribution is -0.150. The molecule has 88 valence electrons. The van der Waals surface area contributed by atoms with Crippen molar-refractivity contribution in [3.63, 3.8) is 0 Å². The van der Waals surface area contributed by atoms with Gasteiger partial charge in [-0.1, -0.05) is 27.4 Å². The summed E-state index contributed by atoms with van der Waals surface area (Å²) in [6.45, 7) is 10.7. The molecule has 0 bridgehead atoms. The molecule has 16 heavy (non-hydrogen) atoms. The SMILES string of the molecule is C=C1CC2(CC3(C(C)C)CC3C2C)OC1=O. The minimum Gasteiger partial charge on any atom is -0.455 e. The minimum absolute atomic E-state index is 0.160. The second kappa shape index (κ2) is 2.72. The van der Waals surface area contributed by atoms with Crippen molar-refractivity contribution in [2.75, 3.05) is 0 Å². The van der Waals surface area contributed by atoms with Gasteiger partial charge in [0.25, 0.3) is 0 Å². The molecule has 4 unspecified atom stereocenters. The van der Waals surface area contributed by atoms with Crippen LogP contribution in [0.3, 0.4) is 0 Å². The highest BCUT2D eigenvalue weighted by molar-refractivity contribution is 5.90. The number of rotatable bonds is 1. The summed E-state index contributed by atoms with van der Waals surface area (Å²) in [6, 6.07) is 0. The molecule has 3 fully saturated rings. The highest BCUT2D eigenvalue weighted by atomic mass is 16.6. The molecule has 4 atom stereocenters. The van der Waals surface area contributed by atoms with Crippen LogP contribution < -0.4 is 0 Å². The van der Waals surface area contributed by atoms with E-state index < -0.39 is 0 Å². The van der Waals surface area contributed by atoms with Crippen molar-refractivity contribution < 1.29 is 9.53 Å². The van der Waals surface area contributed by atoms with Gasteiger partial charge in [0.05, 0.1) is 0 Å². The van der Waals surface area contributed by atoms with Crippen LogP contribution in [-0.2, 0) is 9.53 Å². The number of hydrogen-bond donors (Lipinski definition) is 0. The Labute approximate surface area is 97.1 Å². The molecule has 3 aliphatic rings. The third-order valence-corrected chi connectivity index (χ3v) is 5.49. The fraction of sp³-hybridized carbons (Fsp3) is 0.786. The Morgan fingerprint density at radius 2 is 2.19 bits per heavy atom. The standard InChI is InChI=1S/C14H20O2/c1-8(2)13-6-11(13)10(4)14(7-13)5-9(3)12(15)16-14/h8,10-11H,3,5-7H2,1-2,4H3. The van der Waals surface area contributed by atoms with Crippen LogP contribution in [0, 0.1) is 23.2 Å². The zero-order valence-corrected chi connectivity index (χ0v) is 10.4. The van der Waals surface area contributed by atoms with Crippen molar-refractivity contribution in [2.45, 2.75) is 45.6 Å². The topological polar surface area (TPSA) is 26.3 Å². The maximum atomic E-state index is 11.6. The van der Waals surface area contributed by atoms with E-state index in [0.29, 0.717) is 22.8 Å². The smallest absolute Gasteiger partial charge is 0.334 e. The summed E-state index contributed by atoms with van der Waals surface area (Å²) in [5.41, 5.74) is 0.943. The first-order valence-electron chi connectivity index (χ1n) is 6.32. The lowest BCUT2D eigenvalue weighted by Crippen LogP contribution is -2.34. The molecule has 0 N–H and O–H groups in total. The summed E-state index contributed by atoms with van der Waals surface area (Å²) in [5.74, 6) is 1.82. The number of esters is 1. The molecule has 0 amide bonds. The lowest BCUT2D eigenvalue weighted by Gasteiger charge is -2.31. The third kappa shape index (κ3) is 1.01. The molecule has 0 radical (unpaired) electrons. The summed E-state index contributed by atoms with van der Waals surface area (Å²) in [6.07, 6.45) is 3.16. The molecular formula is C14H20O2. The Kier molecular flexibility index (Phi) is 1.76. The lowest BCUT2D eigenvalue weighted by atomic mass is 9.81. The van der Waals surface area contributed by atoms with Gasteiger partial charge >= 0.3 is 5.97 Å². The van der Waals surface area contributed by atoms with Gasteiger partial charge in [-0.05, 0) is 36.0 Å². The van der Waals surface area contributed by atoms with Crippen LogP contribution in [0.25, 0.3) is 0 Å². The maximum Gasteiger partial charge on any atom is 0.334 e. The molecule has 1 heterocycles. The minimum atomic E-state index is -0.193. The van der Waals surface area contributed by atoms with Crippen LogP contribution in [0.4, 0.5) is 0 Å². The van der Waals surface area contributed by atoms with Crippen molar-refractivity contribution in [1.82, 2.24) is 0 Å². The van der Waals surface area contributed by atoms with Gasteiger partial charge in [-0.3, -0.25) is 0 Å². The van der Waals surface area contributed by atoms with Crippen molar-refractivity contribution in [3.05, 3.63) is 12.2 Å². The molecule has 1 aliphatic heterocycles. The van der Waals surface area contributed by atoms with Gasteiger partial charge in [0, 0.05) is 12.0 Å². The Bertz CT molecular complexity index is 366. The van der Waals surface area contributed by atoms with Crippen LogP contribution in [-0.4, -0.2) is 11.6 Å². The van der Waals surface area contributed by atoms with E-state index in [-0.39, 0.29) is 11.6 Å². The average Bonchev–Trinajstić information content (AvgIpc) is 2.77.